The Morgan fingerprint density at radius 1 is 1.12 bits per heavy atom. The summed E-state index contributed by atoms with van der Waals surface area (Å²) in [4.78, 5) is 2.43. The van der Waals surface area contributed by atoms with Gasteiger partial charge in [0.25, 0.3) is 0 Å². The second-order valence-corrected chi connectivity index (χ2v) is 12.0. The van der Waals surface area contributed by atoms with Gasteiger partial charge in [0.05, 0.1) is 19.5 Å². The lowest BCUT2D eigenvalue weighted by atomic mass is 9.71. The van der Waals surface area contributed by atoms with Crippen molar-refractivity contribution in [1.29, 1.82) is 0 Å². The van der Waals surface area contributed by atoms with Crippen molar-refractivity contribution in [3.8, 4) is 11.5 Å². The largest absolute Gasteiger partial charge is 0.493 e. The zero-order valence-corrected chi connectivity index (χ0v) is 21.6. The molecular formula is C27H38N2O4S. The first-order chi connectivity index (χ1) is 16.2. The van der Waals surface area contributed by atoms with Crippen LogP contribution >= 0.6 is 0 Å². The van der Waals surface area contributed by atoms with Gasteiger partial charge in [0.2, 0.25) is 10.0 Å². The van der Waals surface area contributed by atoms with Crippen molar-refractivity contribution < 1.29 is 17.9 Å². The minimum atomic E-state index is -3.33. The molecule has 2 aromatic carbocycles. The van der Waals surface area contributed by atoms with Gasteiger partial charge in [0.1, 0.15) is 0 Å². The first-order valence-corrected chi connectivity index (χ1v) is 14.2. The summed E-state index contributed by atoms with van der Waals surface area (Å²) in [6, 6.07) is 16.4. The van der Waals surface area contributed by atoms with E-state index < -0.39 is 10.0 Å². The molecule has 1 saturated carbocycles. The molecule has 0 amide bonds. The fraction of sp³-hybridized carbons (Fsp3) is 0.556. The molecule has 4 rings (SSSR count). The number of nitrogens with zero attached hydrogens (tertiary/aromatic N) is 1. The van der Waals surface area contributed by atoms with E-state index in [1.165, 1.54) is 24.7 Å². The van der Waals surface area contributed by atoms with Gasteiger partial charge in [-0.15, -0.1) is 0 Å². The van der Waals surface area contributed by atoms with Crippen LogP contribution in [-0.2, 0) is 16.6 Å². The lowest BCUT2D eigenvalue weighted by Crippen LogP contribution is -2.47. The van der Waals surface area contributed by atoms with Gasteiger partial charge in [-0.2, -0.15) is 0 Å². The van der Waals surface area contributed by atoms with Crippen LogP contribution in [-0.4, -0.2) is 51.9 Å². The normalized spacial score (nSPS) is 24.9. The Kier molecular flexibility index (Phi) is 7.55. The van der Waals surface area contributed by atoms with Crippen molar-refractivity contribution in [2.45, 2.75) is 64.1 Å². The molecule has 0 spiro atoms. The molecule has 1 aliphatic heterocycles. The first-order valence-electron chi connectivity index (χ1n) is 12.3. The van der Waals surface area contributed by atoms with Crippen LogP contribution in [0, 0.1) is 5.41 Å². The molecular weight excluding hydrogens is 448 g/mol. The highest BCUT2D eigenvalue weighted by Crippen LogP contribution is 2.47. The lowest BCUT2D eigenvalue weighted by molar-refractivity contribution is 0.199. The molecule has 2 fully saturated rings. The molecule has 2 aromatic rings. The number of benzene rings is 2. The first kappa shape index (κ1) is 25.0. The number of methoxy groups -OCH3 is 1. The van der Waals surface area contributed by atoms with Crippen LogP contribution in [0.15, 0.2) is 48.5 Å². The Balaban J connectivity index is 1.65. The van der Waals surface area contributed by atoms with Gasteiger partial charge in [-0.25, -0.2) is 13.1 Å². The predicted octanol–water partition coefficient (Wildman–Crippen LogP) is 4.56. The van der Waals surface area contributed by atoms with Gasteiger partial charge in [-0.1, -0.05) is 43.3 Å². The summed E-state index contributed by atoms with van der Waals surface area (Å²) >= 11 is 0. The average molecular weight is 487 g/mol. The smallest absolute Gasteiger partial charge is 0.208 e. The van der Waals surface area contributed by atoms with E-state index in [0.717, 1.165) is 49.5 Å². The summed E-state index contributed by atoms with van der Waals surface area (Å²) in [5, 5.41) is 0. The van der Waals surface area contributed by atoms with E-state index in [9.17, 15) is 8.42 Å². The highest BCUT2D eigenvalue weighted by Gasteiger charge is 2.48. The lowest BCUT2D eigenvalue weighted by Gasteiger charge is -2.37. The molecule has 1 heterocycles. The minimum absolute atomic E-state index is 0.136. The molecule has 0 bridgehead atoms. The summed E-state index contributed by atoms with van der Waals surface area (Å²) in [5.74, 6) is 1.68. The molecule has 3 atom stereocenters. The molecule has 1 unspecified atom stereocenters. The van der Waals surface area contributed by atoms with Crippen molar-refractivity contribution >= 4 is 10.0 Å². The van der Waals surface area contributed by atoms with Gasteiger partial charge in [0.15, 0.2) is 11.5 Å². The van der Waals surface area contributed by atoms with Crippen LogP contribution < -0.4 is 14.2 Å². The third-order valence-electron chi connectivity index (χ3n) is 7.62. The Labute approximate surface area is 204 Å². The van der Waals surface area contributed by atoms with Crippen molar-refractivity contribution in [3.63, 3.8) is 0 Å². The van der Waals surface area contributed by atoms with Gasteiger partial charge >= 0.3 is 0 Å². The molecule has 1 N–H and O–H groups in total. The van der Waals surface area contributed by atoms with Crippen LogP contribution in [0.1, 0.15) is 56.6 Å². The fourth-order valence-electron chi connectivity index (χ4n) is 5.65. The van der Waals surface area contributed by atoms with E-state index in [1.54, 1.807) is 7.11 Å². The number of hydrogen-bond donors (Lipinski definition) is 1. The SMILES string of the molecule is COc1ccc([C@H]2CN(Cc3ccccc3)C[C@@]2(C)C(C)NS(C)(=O)=O)cc1OC1CCCC1. The van der Waals surface area contributed by atoms with E-state index in [-0.39, 0.29) is 23.5 Å². The van der Waals surface area contributed by atoms with Crippen LogP contribution in [0.5, 0.6) is 11.5 Å². The van der Waals surface area contributed by atoms with Crippen LogP contribution in [0.4, 0.5) is 0 Å². The van der Waals surface area contributed by atoms with Gasteiger partial charge in [-0.05, 0) is 55.9 Å². The number of ether oxygens (including phenoxy) is 2. The van der Waals surface area contributed by atoms with Crippen molar-refractivity contribution in [3.05, 3.63) is 59.7 Å². The second kappa shape index (κ2) is 10.3. The summed E-state index contributed by atoms with van der Waals surface area (Å²) in [7, 11) is -1.65. The van der Waals surface area contributed by atoms with E-state index >= 15 is 0 Å². The quantitative estimate of drug-likeness (QED) is 0.563. The standard InChI is InChI=1S/C27H38N2O4S/c1-20(28-34(4,30)31)27(2)19-29(17-21-10-6-5-7-11-21)18-24(27)22-14-15-25(32-3)26(16-22)33-23-12-8-9-13-23/h5-7,10-11,14-16,20,23-24,28H,8-9,12-13,17-19H2,1-4H3/t20?,24-,27+/m1/s1. The van der Waals surface area contributed by atoms with E-state index in [2.05, 4.69) is 52.9 Å². The van der Waals surface area contributed by atoms with Crippen molar-refractivity contribution in [1.82, 2.24) is 9.62 Å². The van der Waals surface area contributed by atoms with Crippen LogP contribution in [0.3, 0.4) is 0 Å². The Hall–Kier alpha value is -2.09. The van der Waals surface area contributed by atoms with Gasteiger partial charge in [0, 0.05) is 37.0 Å². The van der Waals surface area contributed by atoms with E-state index in [0.29, 0.717) is 0 Å². The third kappa shape index (κ3) is 5.75. The van der Waals surface area contributed by atoms with Crippen molar-refractivity contribution in [2.75, 3.05) is 26.5 Å². The zero-order chi connectivity index (χ0) is 24.3. The number of likely N-dealkylation sites (tertiary alicyclic amines) is 1. The number of hydrogen-bond acceptors (Lipinski definition) is 5. The fourth-order valence-corrected chi connectivity index (χ4v) is 6.57. The summed E-state index contributed by atoms with van der Waals surface area (Å²) in [5.41, 5.74) is 2.13. The molecule has 7 heteroatoms. The highest BCUT2D eigenvalue weighted by molar-refractivity contribution is 7.88. The predicted molar refractivity (Wildman–Crippen MR) is 136 cm³/mol. The topological polar surface area (TPSA) is 67.9 Å². The van der Waals surface area contributed by atoms with E-state index in [1.807, 2.05) is 19.1 Å². The summed E-state index contributed by atoms with van der Waals surface area (Å²) in [6.07, 6.45) is 6.04. The third-order valence-corrected chi connectivity index (χ3v) is 8.40. The molecule has 0 aromatic heterocycles. The average Bonchev–Trinajstić information content (AvgIpc) is 3.41. The molecule has 0 radical (unpaired) electrons. The van der Waals surface area contributed by atoms with Crippen LogP contribution in [0.2, 0.25) is 0 Å². The Bertz CT molecular complexity index is 1070. The molecule has 34 heavy (non-hydrogen) atoms. The highest BCUT2D eigenvalue weighted by atomic mass is 32.2. The Morgan fingerprint density at radius 2 is 1.82 bits per heavy atom. The monoisotopic (exact) mass is 486 g/mol. The van der Waals surface area contributed by atoms with Crippen LogP contribution in [0.25, 0.3) is 0 Å². The minimum Gasteiger partial charge on any atom is -0.493 e. The molecule has 6 nitrogen and oxygen atoms in total. The molecule has 1 aliphatic carbocycles. The summed E-state index contributed by atoms with van der Waals surface area (Å²) in [6.45, 7) is 6.66. The van der Waals surface area contributed by atoms with Gasteiger partial charge < -0.3 is 9.47 Å². The second-order valence-electron chi connectivity index (χ2n) is 10.3. The Morgan fingerprint density at radius 3 is 2.47 bits per heavy atom. The van der Waals surface area contributed by atoms with Gasteiger partial charge in [-0.3, -0.25) is 4.90 Å². The molecule has 186 valence electrons. The van der Waals surface area contributed by atoms with E-state index in [4.69, 9.17) is 9.47 Å². The zero-order valence-electron chi connectivity index (χ0n) is 20.8. The number of nitrogens with one attached hydrogen (secondary N) is 1. The number of rotatable bonds is 9. The molecule has 1 saturated heterocycles. The van der Waals surface area contributed by atoms with Crippen molar-refractivity contribution in [2.24, 2.45) is 5.41 Å². The maximum absolute atomic E-state index is 12.1. The number of sulfonamides is 1. The maximum Gasteiger partial charge on any atom is 0.208 e. The molecule has 2 aliphatic rings. The maximum atomic E-state index is 12.1. The summed E-state index contributed by atoms with van der Waals surface area (Å²) < 4.78 is 39.1.